The number of piperidine rings is 1. The first-order valence-electron chi connectivity index (χ1n) is 6.31. The number of rotatable bonds is 3. The molecule has 1 aromatic rings. The minimum Gasteiger partial charge on any atom is -0.349 e. The van der Waals surface area contributed by atoms with Crippen molar-refractivity contribution in [2.24, 2.45) is 0 Å². The van der Waals surface area contributed by atoms with Crippen LogP contribution < -0.4 is 10.9 Å². The second-order valence-corrected chi connectivity index (χ2v) is 6.83. The fourth-order valence-electron chi connectivity index (χ4n) is 2.15. The number of H-pyrrole nitrogens is 1. The van der Waals surface area contributed by atoms with E-state index in [9.17, 15) is 18.0 Å². The molecule has 0 unspecified atom stereocenters. The monoisotopic (exact) mass is 299 g/mol. The van der Waals surface area contributed by atoms with Crippen LogP contribution in [0.5, 0.6) is 0 Å². The van der Waals surface area contributed by atoms with E-state index in [-0.39, 0.29) is 17.5 Å². The highest BCUT2D eigenvalue weighted by Crippen LogP contribution is 2.13. The molecule has 0 radical (unpaired) electrons. The van der Waals surface area contributed by atoms with Gasteiger partial charge in [0.1, 0.15) is 0 Å². The van der Waals surface area contributed by atoms with Gasteiger partial charge in [-0.05, 0) is 18.9 Å². The molecule has 0 aliphatic carbocycles. The summed E-state index contributed by atoms with van der Waals surface area (Å²) in [5.41, 5.74) is 0.123. The van der Waals surface area contributed by atoms with Crippen LogP contribution in [0.1, 0.15) is 23.2 Å². The predicted octanol–water partition coefficient (Wildman–Crippen LogP) is -0.471. The van der Waals surface area contributed by atoms with Crippen LogP contribution in [0.15, 0.2) is 23.1 Å². The van der Waals surface area contributed by atoms with Crippen molar-refractivity contribution < 1.29 is 13.2 Å². The number of nitrogens with one attached hydrogen (secondary N) is 2. The average Bonchev–Trinajstić information content (AvgIpc) is 2.39. The maximum Gasteiger partial charge on any atom is 0.252 e. The molecule has 2 N–H and O–H groups in total. The van der Waals surface area contributed by atoms with Gasteiger partial charge >= 0.3 is 0 Å². The van der Waals surface area contributed by atoms with E-state index in [0.29, 0.717) is 31.5 Å². The standard InChI is InChI=1S/C12H17N3O4S/c1-20(18,19)15-6-4-10(5-7-15)14-12(17)9-2-3-11(16)13-8-9/h2-3,8,10H,4-7H2,1H3,(H,13,16)(H,14,17). The molecule has 2 rings (SSSR count). The Kier molecular flexibility index (Phi) is 4.24. The molecule has 1 amide bonds. The second kappa shape index (κ2) is 5.76. The Hall–Kier alpha value is -1.67. The van der Waals surface area contributed by atoms with Crippen LogP contribution >= 0.6 is 0 Å². The smallest absolute Gasteiger partial charge is 0.252 e. The molecule has 1 aliphatic heterocycles. The highest BCUT2D eigenvalue weighted by Gasteiger charge is 2.25. The van der Waals surface area contributed by atoms with Gasteiger partial charge in [0.25, 0.3) is 5.91 Å². The Morgan fingerprint density at radius 3 is 2.50 bits per heavy atom. The first kappa shape index (κ1) is 14.7. The number of amides is 1. The molecular formula is C12H17N3O4S. The van der Waals surface area contributed by atoms with Crippen molar-refractivity contribution in [1.82, 2.24) is 14.6 Å². The van der Waals surface area contributed by atoms with E-state index < -0.39 is 10.0 Å². The number of carbonyl (C=O) groups is 1. The number of aromatic amines is 1. The van der Waals surface area contributed by atoms with Gasteiger partial charge in [0.2, 0.25) is 15.6 Å². The molecule has 0 spiro atoms. The zero-order chi connectivity index (χ0) is 14.8. The third-order valence-electron chi connectivity index (χ3n) is 3.30. The molecule has 2 heterocycles. The van der Waals surface area contributed by atoms with Gasteiger partial charge in [-0.1, -0.05) is 0 Å². The summed E-state index contributed by atoms with van der Waals surface area (Å²) in [6.45, 7) is 0.824. The quantitative estimate of drug-likeness (QED) is 0.788. The van der Waals surface area contributed by atoms with E-state index >= 15 is 0 Å². The fourth-order valence-corrected chi connectivity index (χ4v) is 3.03. The SMILES string of the molecule is CS(=O)(=O)N1CCC(NC(=O)c2ccc(=O)[nH]c2)CC1. The summed E-state index contributed by atoms with van der Waals surface area (Å²) in [7, 11) is -3.15. The normalized spacial score (nSPS) is 17.9. The van der Waals surface area contributed by atoms with Gasteiger partial charge in [0.15, 0.2) is 0 Å². The molecule has 0 aromatic carbocycles. The van der Waals surface area contributed by atoms with Crippen LogP contribution in [-0.2, 0) is 10.0 Å². The van der Waals surface area contributed by atoms with E-state index in [1.54, 1.807) is 0 Å². The topological polar surface area (TPSA) is 99.3 Å². The predicted molar refractivity (Wildman–Crippen MR) is 74.0 cm³/mol. The summed E-state index contributed by atoms with van der Waals surface area (Å²) >= 11 is 0. The van der Waals surface area contributed by atoms with Crippen LogP contribution in [0, 0.1) is 0 Å². The summed E-state index contributed by atoms with van der Waals surface area (Å²) in [6.07, 6.45) is 3.72. The number of sulfonamides is 1. The molecule has 0 saturated carbocycles. The van der Waals surface area contributed by atoms with Crippen LogP contribution in [-0.4, -0.2) is 49.0 Å². The van der Waals surface area contributed by atoms with Gasteiger partial charge in [-0.25, -0.2) is 12.7 Å². The number of nitrogens with zero attached hydrogens (tertiary/aromatic N) is 1. The number of pyridine rings is 1. The Bertz CT molecular complexity index is 624. The molecule has 1 saturated heterocycles. The zero-order valence-corrected chi connectivity index (χ0v) is 11.9. The van der Waals surface area contributed by atoms with E-state index in [2.05, 4.69) is 10.3 Å². The molecule has 1 aliphatic rings. The fraction of sp³-hybridized carbons (Fsp3) is 0.500. The van der Waals surface area contributed by atoms with E-state index in [0.717, 1.165) is 0 Å². The van der Waals surface area contributed by atoms with Gasteiger partial charge in [-0.2, -0.15) is 0 Å². The maximum atomic E-state index is 11.9. The average molecular weight is 299 g/mol. The summed E-state index contributed by atoms with van der Waals surface area (Å²) in [5, 5.41) is 2.84. The van der Waals surface area contributed by atoms with E-state index in [4.69, 9.17) is 0 Å². The number of hydrogen-bond acceptors (Lipinski definition) is 4. The largest absolute Gasteiger partial charge is 0.349 e. The van der Waals surface area contributed by atoms with Crippen molar-refractivity contribution in [2.45, 2.75) is 18.9 Å². The van der Waals surface area contributed by atoms with E-state index in [1.807, 2.05) is 0 Å². The molecule has 0 bridgehead atoms. The molecule has 20 heavy (non-hydrogen) atoms. The molecular weight excluding hydrogens is 282 g/mol. The third-order valence-corrected chi connectivity index (χ3v) is 4.61. The summed E-state index contributed by atoms with van der Waals surface area (Å²) < 4.78 is 24.2. The van der Waals surface area contributed by atoms with Gasteiger partial charge in [0.05, 0.1) is 11.8 Å². The molecule has 1 aromatic heterocycles. The highest BCUT2D eigenvalue weighted by atomic mass is 32.2. The van der Waals surface area contributed by atoms with Crippen LogP contribution in [0.2, 0.25) is 0 Å². The first-order valence-corrected chi connectivity index (χ1v) is 8.16. The Morgan fingerprint density at radius 2 is 2.00 bits per heavy atom. The van der Waals surface area contributed by atoms with Crippen molar-refractivity contribution in [1.29, 1.82) is 0 Å². The third kappa shape index (κ3) is 3.67. The van der Waals surface area contributed by atoms with Gasteiger partial charge in [0, 0.05) is 31.4 Å². The Morgan fingerprint density at radius 1 is 1.35 bits per heavy atom. The van der Waals surface area contributed by atoms with Gasteiger partial charge < -0.3 is 10.3 Å². The number of carbonyl (C=O) groups excluding carboxylic acids is 1. The van der Waals surface area contributed by atoms with Gasteiger partial charge in [-0.15, -0.1) is 0 Å². The lowest BCUT2D eigenvalue weighted by Crippen LogP contribution is -2.46. The highest BCUT2D eigenvalue weighted by molar-refractivity contribution is 7.88. The zero-order valence-electron chi connectivity index (χ0n) is 11.1. The lowest BCUT2D eigenvalue weighted by molar-refractivity contribution is 0.0923. The molecule has 0 atom stereocenters. The molecule has 8 heteroatoms. The number of aromatic nitrogens is 1. The summed E-state index contributed by atoms with van der Waals surface area (Å²) in [4.78, 5) is 25.3. The van der Waals surface area contributed by atoms with Crippen molar-refractivity contribution in [3.8, 4) is 0 Å². The minimum absolute atomic E-state index is 0.0487. The maximum absolute atomic E-state index is 11.9. The lowest BCUT2D eigenvalue weighted by Gasteiger charge is -2.30. The molecule has 110 valence electrons. The van der Waals surface area contributed by atoms with Crippen molar-refractivity contribution >= 4 is 15.9 Å². The van der Waals surface area contributed by atoms with Gasteiger partial charge in [-0.3, -0.25) is 9.59 Å². The van der Waals surface area contributed by atoms with Crippen LogP contribution in [0.4, 0.5) is 0 Å². The summed E-state index contributed by atoms with van der Waals surface area (Å²) in [6, 6.07) is 2.70. The van der Waals surface area contributed by atoms with Crippen molar-refractivity contribution in [3.63, 3.8) is 0 Å². The first-order chi connectivity index (χ1) is 9.36. The van der Waals surface area contributed by atoms with Crippen LogP contribution in [0.25, 0.3) is 0 Å². The number of hydrogen-bond donors (Lipinski definition) is 2. The second-order valence-electron chi connectivity index (χ2n) is 4.85. The molecule has 7 nitrogen and oxygen atoms in total. The lowest BCUT2D eigenvalue weighted by atomic mass is 10.1. The van der Waals surface area contributed by atoms with Crippen molar-refractivity contribution in [3.05, 3.63) is 34.2 Å². The van der Waals surface area contributed by atoms with Crippen LogP contribution in [0.3, 0.4) is 0 Å². The van der Waals surface area contributed by atoms with Crippen molar-refractivity contribution in [2.75, 3.05) is 19.3 Å². The minimum atomic E-state index is -3.15. The summed E-state index contributed by atoms with van der Waals surface area (Å²) in [5.74, 6) is -0.265. The van der Waals surface area contributed by atoms with E-state index in [1.165, 1.54) is 28.9 Å². The Labute approximate surface area is 117 Å². The molecule has 1 fully saturated rings. The Balaban J connectivity index is 1.91.